The van der Waals surface area contributed by atoms with E-state index in [1.54, 1.807) is 13.0 Å². The van der Waals surface area contributed by atoms with E-state index in [0.29, 0.717) is 16.9 Å². The molecule has 0 fully saturated rings. The number of esters is 1. The van der Waals surface area contributed by atoms with Crippen molar-refractivity contribution in [3.05, 3.63) is 94.0 Å². The van der Waals surface area contributed by atoms with Crippen molar-refractivity contribution in [1.29, 1.82) is 0 Å². The average molecular weight is 491 g/mol. The molecule has 3 aromatic carbocycles. The van der Waals surface area contributed by atoms with Gasteiger partial charge in [-0.2, -0.15) is 8.42 Å². The van der Waals surface area contributed by atoms with Crippen LogP contribution < -0.4 is 4.74 Å². The second kappa shape index (κ2) is 8.04. The third kappa shape index (κ3) is 3.46. The molecule has 0 aromatic heterocycles. The van der Waals surface area contributed by atoms with Gasteiger partial charge in [0.1, 0.15) is 5.75 Å². The van der Waals surface area contributed by atoms with Gasteiger partial charge in [-0.25, -0.2) is 0 Å². The standard InChI is InChI=1S/C29H30O5S/c1-16(2)23-15-24(17(3)14-25(23)35(31,32)33)34-28(30)29(5)18(4)26-19-10-6-8-12-21(19)27(29)22-13-9-7-11-20(22)26/h6-16,18,26-27H,1-5H3,(H,31,32,33). The molecule has 2 unspecified atom stereocenters. The highest BCUT2D eigenvalue weighted by atomic mass is 32.2. The molecule has 0 saturated heterocycles. The molecular weight excluding hydrogens is 460 g/mol. The van der Waals surface area contributed by atoms with E-state index in [-0.39, 0.29) is 34.5 Å². The minimum absolute atomic E-state index is 0.00762. The number of hydrogen-bond acceptors (Lipinski definition) is 4. The zero-order valence-electron chi connectivity index (χ0n) is 20.6. The van der Waals surface area contributed by atoms with E-state index in [1.807, 2.05) is 32.9 Å². The van der Waals surface area contributed by atoms with Crippen molar-refractivity contribution < 1.29 is 22.5 Å². The van der Waals surface area contributed by atoms with Gasteiger partial charge in [0.25, 0.3) is 10.1 Å². The Balaban J connectivity index is 1.62. The van der Waals surface area contributed by atoms with Crippen LogP contribution in [0.25, 0.3) is 0 Å². The van der Waals surface area contributed by atoms with Crippen molar-refractivity contribution in [2.45, 2.75) is 57.3 Å². The summed E-state index contributed by atoms with van der Waals surface area (Å²) >= 11 is 0. The lowest BCUT2D eigenvalue weighted by atomic mass is 9.48. The Bertz CT molecular complexity index is 1410. The fourth-order valence-corrected chi connectivity index (χ4v) is 7.14. The van der Waals surface area contributed by atoms with Gasteiger partial charge in [-0.05, 0) is 71.2 Å². The molecular formula is C29H30O5S. The summed E-state index contributed by atoms with van der Waals surface area (Å²) in [5.41, 5.74) is 4.94. The smallest absolute Gasteiger partial charge is 0.318 e. The van der Waals surface area contributed by atoms with E-state index in [1.165, 1.54) is 17.2 Å². The highest BCUT2D eigenvalue weighted by molar-refractivity contribution is 7.85. The van der Waals surface area contributed by atoms with Gasteiger partial charge in [-0.3, -0.25) is 9.35 Å². The number of rotatable bonds is 4. The molecule has 5 nitrogen and oxygen atoms in total. The summed E-state index contributed by atoms with van der Waals surface area (Å²) in [6, 6.07) is 19.7. The van der Waals surface area contributed by atoms with Gasteiger partial charge in [0.05, 0.1) is 10.3 Å². The minimum atomic E-state index is -4.40. The molecule has 182 valence electrons. The van der Waals surface area contributed by atoms with Gasteiger partial charge < -0.3 is 4.74 Å². The molecule has 3 aromatic rings. The van der Waals surface area contributed by atoms with E-state index in [2.05, 4.69) is 43.3 Å². The zero-order valence-corrected chi connectivity index (χ0v) is 21.4. The lowest BCUT2D eigenvalue weighted by molar-refractivity contribution is -0.150. The fourth-order valence-electron chi connectivity index (χ4n) is 6.22. The molecule has 0 spiro atoms. The molecule has 2 atom stereocenters. The van der Waals surface area contributed by atoms with Gasteiger partial charge in [0.15, 0.2) is 0 Å². The Morgan fingerprint density at radius 3 is 1.97 bits per heavy atom. The van der Waals surface area contributed by atoms with Crippen molar-refractivity contribution in [2.75, 3.05) is 0 Å². The van der Waals surface area contributed by atoms with Crippen LogP contribution in [0.1, 0.15) is 78.8 Å². The SMILES string of the molecule is Cc1cc(S(=O)(=O)O)c(C(C)C)cc1OC(=O)C1(C)C2c3ccccc3C(c3ccccc32)C1C. The zero-order chi connectivity index (χ0) is 25.3. The predicted octanol–water partition coefficient (Wildman–Crippen LogP) is 6.20. The Morgan fingerprint density at radius 1 is 0.971 bits per heavy atom. The summed E-state index contributed by atoms with van der Waals surface area (Å²) in [6.45, 7) is 9.48. The molecule has 1 N–H and O–H groups in total. The quantitative estimate of drug-likeness (QED) is 0.267. The Morgan fingerprint density at radius 2 is 1.49 bits per heavy atom. The van der Waals surface area contributed by atoms with Gasteiger partial charge >= 0.3 is 5.97 Å². The van der Waals surface area contributed by atoms with Crippen LogP contribution in [0.15, 0.2) is 65.6 Å². The first-order chi connectivity index (χ1) is 16.5. The van der Waals surface area contributed by atoms with Gasteiger partial charge in [0.2, 0.25) is 0 Å². The number of hydrogen-bond donors (Lipinski definition) is 1. The lowest BCUT2D eigenvalue weighted by Gasteiger charge is -2.54. The van der Waals surface area contributed by atoms with Crippen molar-refractivity contribution in [2.24, 2.45) is 11.3 Å². The number of aryl methyl sites for hydroxylation is 1. The third-order valence-corrected chi connectivity index (χ3v) is 9.09. The third-order valence-electron chi connectivity index (χ3n) is 8.18. The predicted molar refractivity (Wildman–Crippen MR) is 135 cm³/mol. The molecule has 0 saturated carbocycles. The van der Waals surface area contributed by atoms with Gasteiger partial charge in [-0.1, -0.05) is 69.3 Å². The topological polar surface area (TPSA) is 80.7 Å². The number of benzene rings is 3. The molecule has 3 aliphatic carbocycles. The molecule has 3 aliphatic rings. The second-order valence-corrected chi connectivity index (χ2v) is 11.8. The first-order valence-corrected chi connectivity index (χ1v) is 13.4. The van der Waals surface area contributed by atoms with Crippen LogP contribution >= 0.6 is 0 Å². The summed E-state index contributed by atoms with van der Waals surface area (Å²) < 4.78 is 39.7. The van der Waals surface area contributed by atoms with E-state index < -0.39 is 15.5 Å². The highest BCUT2D eigenvalue weighted by Gasteiger charge is 2.59. The van der Waals surface area contributed by atoms with E-state index in [0.717, 1.165) is 11.1 Å². The molecule has 35 heavy (non-hydrogen) atoms. The maximum atomic E-state index is 14.0. The summed E-state index contributed by atoms with van der Waals surface area (Å²) in [7, 11) is -4.40. The van der Waals surface area contributed by atoms with Gasteiger partial charge in [-0.15, -0.1) is 0 Å². The van der Waals surface area contributed by atoms with Crippen LogP contribution in [0.5, 0.6) is 5.75 Å². The lowest BCUT2D eigenvalue weighted by Crippen LogP contribution is -2.52. The van der Waals surface area contributed by atoms with Crippen molar-refractivity contribution >= 4 is 16.1 Å². The molecule has 0 heterocycles. The maximum absolute atomic E-state index is 14.0. The first kappa shape index (κ1) is 23.8. The van der Waals surface area contributed by atoms with E-state index in [9.17, 15) is 17.8 Å². The van der Waals surface area contributed by atoms with Crippen molar-refractivity contribution in [3.63, 3.8) is 0 Å². The monoisotopic (exact) mass is 490 g/mol. The number of carbonyl (C=O) groups is 1. The molecule has 6 heteroatoms. The molecule has 2 bridgehead atoms. The summed E-state index contributed by atoms with van der Waals surface area (Å²) in [5.74, 6) is -0.275. The van der Waals surface area contributed by atoms with Crippen LogP contribution in [-0.4, -0.2) is 18.9 Å². The number of fused-ring (bicyclic) bond motifs is 1. The average Bonchev–Trinajstić information content (AvgIpc) is 2.81. The maximum Gasteiger partial charge on any atom is 0.318 e. The minimum Gasteiger partial charge on any atom is -0.426 e. The van der Waals surface area contributed by atoms with E-state index >= 15 is 0 Å². The molecule has 0 radical (unpaired) electrons. The molecule has 0 aliphatic heterocycles. The van der Waals surface area contributed by atoms with Crippen molar-refractivity contribution in [3.8, 4) is 5.75 Å². The Labute approximate surface area is 206 Å². The molecule has 0 amide bonds. The summed E-state index contributed by atoms with van der Waals surface area (Å²) in [5, 5.41) is 0. The normalized spacial score (nSPS) is 24.7. The van der Waals surface area contributed by atoms with Gasteiger partial charge in [0, 0.05) is 11.8 Å². The Kier molecular flexibility index (Phi) is 5.46. The number of ether oxygens (including phenoxy) is 1. The van der Waals surface area contributed by atoms with Crippen LogP contribution in [0.4, 0.5) is 0 Å². The second-order valence-electron chi connectivity index (χ2n) is 10.4. The first-order valence-electron chi connectivity index (χ1n) is 12.0. The Hall–Kier alpha value is -2.96. The molecule has 6 rings (SSSR count). The van der Waals surface area contributed by atoms with E-state index in [4.69, 9.17) is 4.74 Å². The highest BCUT2D eigenvalue weighted by Crippen LogP contribution is 2.64. The summed E-state index contributed by atoms with van der Waals surface area (Å²) in [4.78, 5) is 13.9. The van der Waals surface area contributed by atoms with Crippen LogP contribution in [0, 0.1) is 18.3 Å². The fraction of sp³-hybridized carbons (Fsp3) is 0.345. The van der Waals surface area contributed by atoms with Crippen LogP contribution in [0.3, 0.4) is 0 Å². The van der Waals surface area contributed by atoms with Crippen LogP contribution in [-0.2, 0) is 14.9 Å². The largest absolute Gasteiger partial charge is 0.426 e. The van der Waals surface area contributed by atoms with Crippen LogP contribution in [0.2, 0.25) is 0 Å². The number of carbonyl (C=O) groups excluding carboxylic acids is 1. The summed E-state index contributed by atoms with van der Waals surface area (Å²) in [6.07, 6.45) is 0. The van der Waals surface area contributed by atoms with Crippen molar-refractivity contribution in [1.82, 2.24) is 0 Å².